The molecule has 5 nitrogen and oxygen atoms in total. The topological polar surface area (TPSA) is 75.1 Å². The van der Waals surface area contributed by atoms with E-state index in [4.69, 9.17) is 9.47 Å². The predicted molar refractivity (Wildman–Crippen MR) is 100 cm³/mol. The number of nitrogens with zero attached hydrogens (tertiary/aromatic N) is 1. The molecule has 0 spiro atoms. The minimum Gasteiger partial charge on any atom is -0.493 e. The molecule has 0 saturated heterocycles. The summed E-state index contributed by atoms with van der Waals surface area (Å²) in [5, 5.41) is 10.0. The molecule has 1 N–H and O–H groups in total. The van der Waals surface area contributed by atoms with Crippen molar-refractivity contribution in [2.24, 2.45) is 0 Å². The van der Waals surface area contributed by atoms with E-state index in [1.165, 1.54) is 37.6 Å². The lowest BCUT2D eigenvalue weighted by molar-refractivity contribution is 0.104. The number of nitrogens with one attached hydrogen (secondary N) is 1. The predicted octanol–water partition coefficient (Wildman–Crippen LogP) is 4.50. The minimum absolute atomic E-state index is 0.0357. The van der Waals surface area contributed by atoms with E-state index in [1.807, 2.05) is 13.0 Å². The van der Waals surface area contributed by atoms with Crippen LogP contribution in [-0.4, -0.2) is 24.5 Å². The van der Waals surface area contributed by atoms with Gasteiger partial charge in [0.25, 0.3) is 0 Å². The number of ether oxygens (including phenoxy) is 2. The van der Waals surface area contributed by atoms with E-state index >= 15 is 0 Å². The second kappa shape index (κ2) is 7.75. The minimum atomic E-state index is -0.441. The number of carbonyl (C=O) groups excluding carboxylic acids is 1. The molecular formula is C21H17FN2O3. The molecule has 0 saturated carbocycles. The van der Waals surface area contributed by atoms with Crippen molar-refractivity contribution in [1.29, 1.82) is 5.26 Å². The normalized spacial score (nSPS) is 11.3. The first-order chi connectivity index (χ1) is 13.1. The lowest BCUT2D eigenvalue weighted by Gasteiger charge is -2.09. The quantitative estimate of drug-likeness (QED) is 0.397. The van der Waals surface area contributed by atoms with Crippen molar-refractivity contribution in [3.05, 3.63) is 65.1 Å². The molecule has 3 aromatic rings. The van der Waals surface area contributed by atoms with Crippen LogP contribution in [-0.2, 0) is 0 Å². The maximum Gasteiger partial charge on any atom is 0.205 e. The molecule has 2 aromatic carbocycles. The summed E-state index contributed by atoms with van der Waals surface area (Å²) in [6.45, 7) is 2.36. The largest absolute Gasteiger partial charge is 0.493 e. The van der Waals surface area contributed by atoms with Crippen LogP contribution in [0.5, 0.6) is 11.5 Å². The third-order valence-corrected chi connectivity index (χ3v) is 4.05. The van der Waals surface area contributed by atoms with Crippen molar-refractivity contribution in [1.82, 2.24) is 4.98 Å². The Morgan fingerprint density at radius 1 is 1.26 bits per heavy atom. The molecule has 0 unspecified atom stereocenters. The summed E-state index contributed by atoms with van der Waals surface area (Å²) >= 11 is 0. The van der Waals surface area contributed by atoms with Gasteiger partial charge in [0.2, 0.25) is 5.78 Å². The molecule has 0 aliphatic carbocycles. The molecule has 0 radical (unpaired) electrons. The highest BCUT2D eigenvalue weighted by molar-refractivity contribution is 6.19. The number of nitriles is 1. The number of H-pyrrole nitrogens is 1. The number of fused-ring (bicyclic) bond motifs is 1. The van der Waals surface area contributed by atoms with E-state index in [2.05, 4.69) is 4.98 Å². The number of ketones is 1. The van der Waals surface area contributed by atoms with Gasteiger partial charge in [-0.25, -0.2) is 4.39 Å². The van der Waals surface area contributed by atoms with Crippen LogP contribution in [0.1, 0.15) is 22.8 Å². The second-order valence-corrected chi connectivity index (χ2v) is 5.73. The van der Waals surface area contributed by atoms with E-state index in [0.717, 1.165) is 0 Å². The summed E-state index contributed by atoms with van der Waals surface area (Å²) in [5.41, 5.74) is 1.41. The Balaban J connectivity index is 1.98. The number of hydrogen-bond donors (Lipinski definition) is 1. The number of allylic oxidation sites excluding steroid dienone is 1. The van der Waals surface area contributed by atoms with Crippen LogP contribution >= 0.6 is 0 Å². The van der Waals surface area contributed by atoms with Gasteiger partial charge in [0, 0.05) is 22.7 Å². The summed E-state index contributed by atoms with van der Waals surface area (Å²) in [4.78, 5) is 15.7. The lowest BCUT2D eigenvalue weighted by atomic mass is 10.0. The van der Waals surface area contributed by atoms with Gasteiger partial charge in [0.15, 0.2) is 11.5 Å². The first kappa shape index (κ1) is 18.2. The molecule has 1 aromatic heterocycles. The third-order valence-electron chi connectivity index (χ3n) is 4.05. The third kappa shape index (κ3) is 3.67. The zero-order valence-corrected chi connectivity index (χ0v) is 14.9. The Labute approximate surface area is 155 Å². The molecule has 0 atom stereocenters. The number of Topliss-reactive ketones (excluding diaryl/α,β-unsaturated/α-hetero) is 1. The fourth-order valence-electron chi connectivity index (χ4n) is 2.80. The zero-order valence-electron chi connectivity index (χ0n) is 14.9. The van der Waals surface area contributed by atoms with Crippen molar-refractivity contribution in [3.63, 3.8) is 0 Å². The molecule has 0 aliphatic rings. The van der Waals surface area contributed by atoms with Crippen molar-refractivity contribution < 1.29 is 18.7 Å². The summed E-state index contributed by atoms with van der Waals surface area (Å²) in [6.07, 6.45) is 2.97. The average Bonchev–Trinajstić information content (AvgIpc) is 3.09. The Hall–Kier alpha value is -3.59. The van der Waals surface area contributed by atoms with Gasteiger partial charge in [-0.2, -0.15) is 5.26 Å². The van der Waals surface area contributed by atoms with Crippen molar-refractivity contribution in [2.45, 2.75) is 6.92 Å². The van der Waals surface area contributed by atoms with Crippen molar-refractivity contribution in [3.8, 4) is 17.6 Å². The standard InChI is InChI=1S/C21H17FN2O3/c1-3-27-19-7-4-13(9-20(19)26-2)8-14(11-23)21(25)17-12-24-18-10-15(22)5-6-16(17)18/h4-10,12,24H,3H2,1-2H3. The summed E-state index contributed by atoms with van der Waals surface area (Å²) in [7, 11) is 1.52. The lowest BCUT2D eigenvalue weighted by Crippen LogP contribution is -2.01. The SMILES string of the molecule is CCOc1ccc(C=C(C#N)C(=O)c2c[nH]c3cc(F)ccc23)cc1OC. The zero-order chi connectivity index (χ0) is 19.4. The first-order valence-electron chi connectivity index (χ1n) is 8.31. The van der Waals surface area contributed by atoms with Gasteiger partial charge in [0.05, 0.1) is 13.7 Å². The highest BCUT2D eigenvalue weighted by Gasteiger charge is 2.17. The van der Waals surface area contributed by atoms with Crippen LogP contribution in [0.2, 0.25) is 0 Å². The van der Waals surface area contributed by atoms with E-state index in [-0.39, 0.29) is 5.57 Å². The summed E-state index contributed by atoms with van der Waals surface area (Å²) in [5.74, 6) is 0.252. The van der Waals surface area contributed by atoms with Gasteiger partial charge in [-0.15, -0.1) is 0 Å². The fourth-order valence-corrected chi connectivity index (χ4v) is 2.80. The van der Waals surface area contributed by atoms with Crippen LogP contribution in [0.3, 0.4) is 0 Å². The number of hydrogen-bond acceptors (Lipinski definition) is 4. The maximum atomic E-state index is 13.3. The highest BCUT2D eigenvalue weighted by atomic mass is 19.1. The second-order valence-electron chi connectivity index (χ2n) is 5.73. The highest BCUT2D eigenvalue weighted by Crippen LogP contribution is 2.29. The number of aromatic amines is 1. The van der Waals surface area contributed by atoms with Gasteiger partial charge in [0.1, 0.15) is 17.5 Å². The van der Waals surface area contributed by atoms with Crippen LogP contribution in [0, 0.1) is 17.1 Å². The molecular weight excluding hydrogens is 347 g/mol. The first-order valence-corrected chi connectivity index (χ1v) is 8.31. The van der Waals surface area contributed by atoms with E-state index in [9.17, 15) is 14.4 Å². The van der Waals surface area contributed by atoms with Gasteiger partial charge in [-0.1, -0.05) is 6.07 Å². The molecule has 0 fully saturated rings. The van der Waals surface area contributed by atoms with Crippen LogP contribution in [0.25, 0.3) is 17.0 Å². The molecule has 0 bridgehead atoms. The molecule has 6 heteroatoms. The van der Waals surface area contributed by atoms with Crippen molar-refractivity contribution in [2.75, 3.05) is 13.7 Å². The van der Waals surface area contributed by atoms with Gasteiger partial charge in [-0.05, 0) is 48.9 Å². The average molecular weight is 364 g/mol. The Morgan fingerprint density at radius 3 is 2.78 bits per heavy atom. The van der Waals surface area contributed by atoms with Gasteiger partial charge < -0.3 is 14.5 Å². The molecule has 27 heavy (non-hydrogen) atoms. The molecule has 3 rings (SSSR count). The number of benzene rings is 2. The Morgan fingerprint density at radius 2 is 2.07 bits per heavy atom. The maximum absolute atomic E-state index is 13.3. The van der Waals surface area contributed by atoms with Crippen LogP contribution < -0.4 is 9.47 Å². The molecule has 136 valence electrons. The number of carbonyl (C=O) groups is 1. The van der Waals surface area contributed by atoms with E-state index in [0.29, 0.717) is 40.1 Å². The Kier molecular flexibility index (Phi) is 5.23. The van der Waals surface area contributed by atoms with E-state index < -0.39 is 11.6 Å². The van der Waals surface area contributed by atoms with Gasteiger partial charge in [-0.3, -0.25) is 4.79 Å². The number of halogens is 1. The number of methoxy groups -OCH3 is 1. The van der Waals surface area contributed by atoms with Gasteiger partial charge >= 0.3 is 0 Å². The molecule has 0 aliphatic heterocycles. The molecule has 1 heterocycles. The van der Waals surface area contributed by atoms with E-state index in [1.54, 1.807) is 18.2 Å². The number of rotatable bonds is 6. The van der Waals surface area contributed by atoms with Crippen LogP contribution in [0.15, 0.2) is 48.2 Å². The fraction of sp³-hybridized carbons (Fsp3) is 0.143. The van der Waals surface area contributed by atoms with Crippen LogP contribution in [0.4, 0.5) is 4.39 Å². The molecule has 0 amide bonds. The monoisotopic (exact) mass is 364 g/mol. The smallest absolute Gasteiger partial charge is 0.205 e. The summed E-state index contributed by atoms with van der Waals surface area (Å²) in [6, 6.07) is 11.2. The number of aromatic nitrogens is 1. The Bertz CT molecular complexity index is 1080. The summed E-state index contributed by atoms with van der Waals surface area (Å²) < 4.78 is 24.1. The van der Waals surface area contributed by atoms with Crippen molar-refractivity contribution >= 4 is 22.8 Å².